The van der Waals surface area contributed by atoms with Gasteiger partial charge in [-0.3, -0.25) is 4.79 Å². The molecule has 0 atom stereocenters. The van der Waals surface area contributed by atoms with Crippen LogP contribution < -0.4 is 11.1 Å². The van der Waals surface area contributed by atoms with Crippen LogP contribution in [0.15, 0.2) is 0 Å². The van der Waals surface area contributed by atoms with Crippen LogP contribution in [-0.4, -0.2) is 19.0 Å². The Morgan fingerprint density at radius 3 is 2.50 bits per heavy atom. The van der Waals surface area contributed by atoms with E-state index in [0.29, 0.717) is 12.5 Å². The van der Waals surface area contributed by atoms with Crippen molar-refractivity contribution in [1.82, 2.24) is 5.32 Å². The SMILES string of the molecule is CC(C)CCCNC(=O)C1(CN)CCCC1. The van der Waals surface area contributed by atoms with Crippen molar-refractivity contribution in [3.05, 3.63) is 0 Å². The number of carbonyl (C=O) groups is 1. The number of hydrogen-bond donors (Lipinski definition) is 2. The van der Waals surface area contributed by atoms with Gasteiger partial charge in [-0.05, 0) is 31.6 Å². The molecule has 0 aromatic heterocycles. The van der Waals surface area contributed by atoms with Crippen molar-refractivity contribution in [1.29, 1.82) is 0 Å². The lowest BCUT2D eigenvalue weighted by atomic mass is 9.85. The van der Waals surface area contributed by atoms with Gasteiger partial charge in [0, 0.05) is 13.1 Å². The van der Waals surface area contributed by atoms with Gasteiger partial charge in [-0.25, -0.2) is 0 Å². The summed E-state index contributed by atoms with van der Waals surface area (Å²) < 4.78 is 0. The van der Waals surface area contributed by atoms with E-state index in [0.717, 1.165) is 38.6 Å². The highest BCUT2D eigenvalue weighted by atomic mass is 16.2. The van der Waals surface area contributed by atoms with Gasteiger partial charge in [0.05, 0.1) is 5.41 Å². The zero-order valence-electron chi connectivity index (χ0n) is 10.7. The molecule has 16 heavy (non-hydrogen) atoms. The van der Waals surface area contributed by atoms with Crippen molar-refractivity contribution in [2.75, 3.05) is 13.1 Å². The number of rotatable bonds is 6. The first kappa shape index (κ1) is 13.5. The summed E-state index contributed by atoms with van der Waals surface area (Å²) in [5.74, 6) is 0.906. The summed E-state index contributed by atoms with van der Waals surface area (Å²) >= 11 is 0. The molecule has 0 aliphatic heterocycles. The monoisotopic (exact) mass is 226 g/mol. The molecule has 1 saturated carbocycles. The first-order chi connectivity index (χ1) is 7.60. The second-order valence-corrected chi connectivity index (χ2v) is 5.48. The highest BCUT2D eigenvalue weighted by molar-refractivity contribution is 5.83. The Morgan fingerprint density at radius 2 is 2.00 bits per heavy atom. The molecule has 1 rings (SSSR count). The van der Waals surface area contributed by atoms with E-state index in [1.165, 1.54) is 6.42 Å². The van der Waals surface area contributed by atoms with Crippen LogP contribution in [0.2, 0.25) is 0 Å². The van der Waals surface area contributed by atoms with Gasteiger partial charge >= 0.3 is 0 Å². The summed E-state index contributed by atoms with van der Waals surface area (Å²) in [6, 6.07) is 0. The van der Waals surface area contributed by atoms with E-state index in [-0.39, 0.29) is 11.3 Å². The third kappa shape index (κ3) is 3.48. The molecule has 1 amide bonds. The van der Waals surface area contributed by atoms with Gasteiger partial charge in [-0.15, -0.1) is 0 Å². The van der Waals surface area contributed by atoms with E-state index in [9.17, 15) is 4.79 Å². The molecule has 0 bridgehead atoms. The smallest absolute Gasteiger partial charge is 0.227 e. The fraction of sp³-hybridized carbons (Fsp3) is 0.923. The summed E-state index contributed by atoms with van der Waals surface area (Å²) in [5, 5.41) is 3.05. The number of amides is 1. The summed E-state index contributed by atoms with van der Waals surface area (Å²) in [6.45, 7) is 5.72. The number of nitrogens with one attached hydrogen (secondary N) is 1. The maximum absolute atomic E-state index is 12.1. The zero-order chi connectivity index (χ0) is 12.0. The van der Waals surface area contributed by atoms with Crippen LogP contribution in [0.3, 0.4) is 0 Å². The average molecular weight is 226 g/mol. The van der Waals surface area contributed by atoms with Crippen LogP contribution in [-0.2, 0) is 4.79 Å². The lowest BCUT2D eigenvalue weighted by Crippen LogP contribution is -2.44. The molecule has 3 N–H and O–H groups in total. The average Bonchev–Trinajstić information content (AvgIpc) is 2.73. The molecule has 0 aromatic carbocycles. The minimum absolute atomic E-state index is 0.191. The first-order valence-corrected chi connectivity index (χ1v) is 6.59. The second-order valence-electron chi connectivity index (χ2n) is 5.48. The molecule has 0 heterocycles. The minimum atomic E-state index is -0.238. The molecule has 1 fully saturated rings. The first-order valence-electron chi connectivity index (χ1n) is 6.59. The highest BCUT2D eigenvalue weighted by Gasteiger charge is 2.39. The van der Waals surface area contributed by atoms with Gasteiger partial charge in [-0.1, -0.05) is 26.7 Å². The zero-order valence-corrected chi connectivity index (χ0v) is 10.7. The van der Waals surface area contributed by atoms with Crippen LogP contribution in [0.1, 0.15) is 52.4 Å². The van der Waals surface area contributed by atoms with Crippen molar-refractivity contribution in [3.8, 4) is 0 Å². The molecule has 94 valence electrons. The Bertz CT molecular complexity index is 220. The largest absolute Gasteiger partial charge is 0.356 e. The lowest BCUT2D eigenvalue weighted by molar-refractivity contribution is -0.130. The lowest BCUT2D eigenvalue weighted by Gasteiger charge is -2.25. The molecule has 0 unspecified atom stereocenters. The maximum atomic E-state index is 12.1. The van der Waals surface area contributed by atoms with Crippen LogP contribution in [0.5, 0.6) is 0 Å². The normalized spacial score (nSPS) is 19.0. The Labute approximate surface area is 99.2 Å². The molecular weight excluding hydrogens is 200 g/mol. The Hall–Kier alpha value is -0.570. The van der Waals surface area contributed by atoms with Gasteiger partial charge in [0.15, 0.2) is 0 Å². The van der Waals surface area contributed by atoms with E-state index < -0.39 is 0 Å². The van der Waals surface area contributed by atoms with Gasteiger partial charge in [0.1, 0.15) is 0 Å². The number of hydrogen-bond acceptors (Lipinski definition) is 2. The predicted molar refractivity (Wildman–Crippen MR) is 67.0 cm³/mol. The Morgan fingerprint density at radius 1 is 1.38 bits per heavy atom. The van der Waals surface area contributed by atoms with Crippen molar-refractivity contribution in [2.24, 2.45) is 17.1 Å². The Balaban J connectivity index is 2.28. The Kier molecular flexibility index (Phi) is 5.26. The van der Waals surface area contributed by atoms with E-state index >= 15 is 0 Å². The second kappa shape index (κ2) is 6.24. The molecular formula is C13H26N2O. The van der Waals surface area contributed by atoms with Crippen LogP contribution in [0.25, 0.3) is 0 Å². The van der Waals surface area contributed by atoms with Gasteiger partial charge in [-0.2, -0.15) is 0 Å². The van der Waals surface area contributed by atoms with Crippen LogP contribution in [0.4, 0.5) is 0 Å². The van der Waals surface area contributed by atoms with Gasteiger partial charge in [0.2, 0.25) is 5.91 Å². The molecule has 0 radical (unpaired) electrons. The van der Waals surface area contributed by atoms with Crippen LogP contribution in [0, 0.1) is 11.3 Å². The van der Waals surface area contributed by atoms with E-state index in [1.807, 2.05) is 0 Å². The molecule has 1 aliphatic rings. The summed E-state index contributed by atoms with van der Waals surface area (Å²) in [5.41, 5.74) is 5.52. The quantitative estimate of drug-likeness (QED) is 0.681. The van der Waals surface area contributed by atoms with Gasteiger partial charge in [0.25, 0.3) is 0 Å². The van der Waals surface area contributed by atoms with E-state index in [4.69, 9.17) is 5.73 Å². The number of carbonyl (C=O) groups excluding carboxylic acids is 1. The summed E-state index contributed by atoms with van der Waals surface area (Å²) in [4.78, 5) is 12.1. The highest BCUT2D eigenvalue weighted by Crippen LogP contribution is 2.37. The maximum Gasteiger partial charge on any atom is 0.227 e. The predicted octanol–water partition coefficient (Wildman–Crippen LogP) is 2.06. The van der Waals surface area contributed by atoms with Crippen molar-refractivity contribution < 1.29 is 4.79 Å². The standard InChI is InChI=1S/C13H26N2O/c1-11(2)6-5-9-15-12(16)13(10-14)7-3-4-8-13/h11H,3-10,14H2,1-2H3,(H,15,16). The molecule has 3 heteroatoms. The number of nitrogens with two attached hydrogens (primary N) is 1. The molecule has 0 saturated heterocycles. The topological polar surface area (TPSA) is 55.1 Å². The van der Waals surface area contributed by atoms with Crippen molar-refractivity contribution in [2.45, 2.75) is 52.4 Å². The van der Waals surface area contributed by atoms with E-state index in [1.54, 1.807) is 0 Å². The van der Waals surface area contributed by atoms with Crippen molar-refractivity contribution in [3.63, 3.8) is 0 Å². The summed E-state index contributed by atoms with van der Waals surface area (Å²) in [7, 11) is 0. The third-order valence-electron chi connectivity index (χ3n) is 3.68. The van der Waals surface area contributed by atoms with E-state index in [2.05, 4.69) is 19.2 Å². The molecule has 0 aromatic rings. The minimum Gasteiger partial charge on any atom is -0.356 e. The third-order valence-corrected chi connectivity index (χ3v) is 3.68. The molecule has 0 spiro atoms. The fourth-order valence-corrected chi connectivity index (χ4v) is 2.48. The fourth-order valence-electron chi connectivity index (χ4n) is 2.48. The van der Waals surface area contributed by atoms with Gasteiger partial charge < -0.3 is 11.1 Å². The molecule has 3 nitrogen and oxygen atoms in total. The summed E-state index contributed by atoms with van der Waals surface area (Å²) in [6.07, 6.45) is 6.49. The van der Waals surface area contributed by atoms with Crippen molar-refractivity contribution >= 4 is 5.91 Å². The van der Waals surface area contributed by atoms with Crippen LogP contribution >= 0.6 is 0 Å². The molecule has 1 aliphatic carbocycles.